The second kappa shape index (κ2) is 11.0. The summed E-state index contributed by atoms with van der Waals surface area (Å²) in [4.78, 5) is 9.26. The maximum absolute atomic E-state index is 4.65. The lowest BCUT2D eigenvalue weighted by Crippen LogP contribution is -2.26. The van der Waals surface area contributed by atoms with E-state index in [0.717, 1.165) is 21.1 Å². The first-order chi connectivity index (χ1) is 25.3. The molecule has 2 heterocycles. The van der Waals surface area contributed by atoms with Gasteiger partial charge in [0.25, 0.3) is 0 Å². The number of fused-ring (bicyclic) bond motifs is 12. The molecule has 7 aromatic carbocycles. The molecule has 51 heavy (non-hydrogen) atoms. The third-order valence-electron chi connectivity index (χ3n) is 10.8. The summed E-state index contributed by atoms with van der Waals surface area (Å²) < 4.78 is 0. The number of thiazole rings is 2. The van der Waals surface area contributed by atoms with Gasteiger partial charge in [-0.1, -0.05) is 121 Å². The summed E-state index contributed by atoms with van der Waals surface area (Å²) in [5.41, 5.74) is 17.3. The van der Waals surface area contributed by atoms with Gasteiger partial charge in [0.05, 0.1) is 5.41 Å². The van der Waals surface area contributed by atoms with E-state index in [1.807, 2.05) is 23.2 Å². The van der Waals surface area contributed by atoms with E-state index in [9.17, 15) is 0 Å². The van der Waals surface area contributed by atoms with E-state index >= 15 is 0 Å². The highest BCUT2D eigenvalue weighted by Crippen LogP contribution is 2.64. The minimum atomic E-state index is -0.480. The number of benzene rings is 7. The van der Waals surface area contributed by atoms with Gasteiger partial charge in [0.2, 0.25) is 0 Å². The van der Waals surface area contributed by atoms with Crippen molar-refractivity contribution >= 4 is 33.4 Å². The molecule has 0 amide bonds. The molecule has 0 aliphatic heterocycles. The Bertz CT molecular complexity index is 2770. The lowest BCUT2D eigenvalue weighted by Gasteiger charge is -2.31. The molecule has 2 nitrogen and oxygen atoms in total. The molecule has 2 aliphatic rings. The van der Waals surface area contributed by atoms with Crippen LogP contribution in [0.15, 0.2) is 169 Å². The van der Waals surface area contributed by atoms with Crippen LogP contribution < -0.4 is 0 Å². The van der Waals surface area contributed by atoms with E-state index in [2.05, 4.69) is 156 Å². The Morgan fingerprint density at radius 3 is 1.61 bits per heavy atom. The molecule has 2 aromatic heterocycles. The Balaban J connectivity index is 1.23. The first kappa shape index (κ1) is 28.9. The SMILES string of the molecule is c1cc(-c2ccc3c(c2)C2(c4ccccc4-c4ccccc42)c2cc(-c4cccc(-c5nccs5)c4)c4ccccc4c2-3)cc(-c2nccs2)c1. The highest BCUT2D eigenvalue weighted by atomic mass is 32.1. The van der Waals surface area contributed by atoms with Crippen molar-refractivity contribution in [2.45, 2.75) is 5.41 Å². The largest absolute Gasteiger partial charge is 0.245 e. The van der Waals surface area contributed by atoms with Crippen LogP contribution in [0.4, 0.5) is 0 Å². The van der Waals surface area contributed by atoms with E-state index in [1.165, 1.54) is 77.5 Å². The van der Waals surface area contributed by atoms with Crippen LogP contribution in [0.2, 0.25) is 0 Å². The average molecular weight is 685 g/mol. The standard InChI is InChI=1S/C47H28N2S2/c1-2-16-37-34(13-1)39(31-10-8-12-33(26-31)46-49-22-24-51-46)28-43-44(37)38-20-19-30(29-9-7-11-32(25-29)45-48-21-23-50-45)27-42(38)47(43)40-17-5-3-14-35(40)36-15-4-6-18-41(36)47/h1-28H. The van der Waals surface area contributed by atoms with E-state index in [-0.39, 0.29) is 0 Å². The van der Waals surface area contributed by atoms with Crippen molar-refractivity contribution in [3.05, 3.63) is 191 Å². The summed E-state index contributed by atoms with van der Waals surface area (Å²) in [5, 5.41) is 8.71. The van der Waals surface area contributed by atoms with Crippen LogP contribution in [0.25, 0.3) is 76.4 Å². The third-order valence-corrected chi connectivity index (χ3v) is 12.5. The maximum atomic E-state index is 4.65. The Hall–Kier alpha value is -5.94. The summed E-state index contributed by atoms with van der Waals surface area (Å²) in [6.07, 6.45) is 3.77. The van der Waals surface area contributed by atoms with Gasteiger partial charge in [-0.25, -0.2) is 9.97 Å². The monoisotopic (exact) mass is 684 g/mol. The fraction of sp³-hybridized carbons (Fsp3) is 0.0213. The van der Waals surface area contributed by atoms with Crippen LogP contribution in [0.5, 0.6) is 0 Å². The van der Waals surface area contributed by atoms with Crippen molar-refractivity contribution < 1.29 is 0 Å². The zero-order chi connectivity index (χ0) is 33.5. The maximum Gasteiger partial charge on any atom is 0.123 e. The van der Waals surface area contributed by atoms with Crippen LogP contribution in [0, 0.1) is 0 Å². The van der Waals surface area contributed by atoms with Crippen LogP contribution >= 0.6 is 22.7 Å². The Labute approximate surface area is 304 Å². The fourth-order valence-electron chi connectivity index (χ4n) is 8.80. The first-order valence-electron chi connectivity index (χ1n) is 17.2. The van der Waals surface area contributed by atoms with Gasteiger partial charge in [0.1, 0.15) is 10.0 Å². The second-order valence-corrected chi connectivity index (χ2v) is 15.1. The van der Waals surface area contributed by atoms with E-state index in [1.54, 1.807) is 22.7 Å². The van der Waals surface area contributed by atoms with Crippen LogP contribution in [-0.2, 0) is 5.41 Å². The van der Waals surface area contributed by atoms with E-state index < -0.39 is 5.41 Å². The van der Waals surface area contributed by atoms with Gasteiger partial charge in [-0.15, -0.1) is 22.7 Å². The predicted molar refractivity (Wildman–Crippen MR) is 213 cm³/mol. The van der Waals surface area contributed by atoms with Crippen molar-refractivity contribution in [1.82, 2.24) is 9.97 Å². The predicted octanol–water partition coefficient (Wildman–Crippen LogP) is 12.8. The first-order valence-corrected chi connectivity index (χ1v) is 19.0. The summed E-state index contributed by atoms with van der Waals surface area (Å²) in [7, 11) is 0. The molecule has 0 saturated heterocycles. The molecule has 0 radical (unpaired) electrons. The molecule has 0 fully saturated rings. The highest BCUT2D eigenvalue weighted by Gasteiger charge is 2.52. The summed E-state index contributed by atoms with van der Waals surface area (Å²) >= 11 is 3.36. The highest BCUT2D eigenvalue weighted by molar-refractivity contribution is 7.13. The van der Waals surface area contributed by atoms with Gasteiger partial charge in [0.15, 0.2) is 0 Å². The van der Waals surface area contributed by atoms with Gasteiger partial charge in [-0.3, -0.25) is 0 Å². The number of nitrogens with zero attached hydrogens (tertiary/aromatic N) is 2. The topological polar surface area (TPSA) is 25.8 Å². The van der Waals surface area contributed by atoms with Crippen molar-refractivity contribution in [2.75, 3.05) is 0 Å². The third kappa shape index (κ3) is 4.09. The van der Waals surface area contributed by atoms with Crippen molar-refractivity contribution in [3.8, 4) is 65.6 Å². The molecule has 0 bridgehead atoms. The zero-order valence-corrected chi connectivity index (χ0v) is 29.0. The smallest absolute Gasteiger partial charge is 0.123 e. The Morgan fingerprint density at radius 1 is 0.373 bits per heavy atom. The van der Waals surface area contributed by atoms with Crippen LogP contribution in [0.3, 0.4) is 0 Å². The average Bonchev–Trinajstić information content (AvgIpc) is 4.02. The molecular formula is C47H28N2S2. The van der Waals surface area contributed by atoms with Gasteiger partial charge in [0, 0.05) is 34.3 Å². The number of hydrogen-bond donors (Lipinski definition) is 0. The number of aromatic nitrogens is 2. The molecule has 2 aliphatic carbocycles. The lowest BCUT2D eigenvalue weighted by molar-refractivity contribution is 0.795. The Kier molecular flexibility index (Phi) is 6.24. The minimum absolute atomic E-state index is 0.480. The molecule has 0 atom stereocenters. The van der Waals surface area contributed by atoms with Gasteiger partial charge in [-0.2, -0.15) is 0 Å². The molecule has 0 unspecified atom stereocenters. The Morgan fingerprint density at radius 2 is 0.941 bits per heavy atom. The molecule has 1 spiro atoms. The van der Waals surface area contributed by atoms with Gasteiger partial charge >= 0.3 is 0 Å². The van der Waals surface area contributed by atoms with Crippen molar-refractivity contribution in [3.63, 3.8) is 0 Å². The quantitative estimate of drug-likeness (QED) is 0.184. The zero-order valence-electron chi connectivity index (χ0n) is 27.4. The molecule has 238 valence electrons. The van der Waals surface area contributed by atoms with Crippen molar-refractivity contribution in [1.29, 1.82) is 0 Å². The number of hydrogen-bond acceptors (Lipinski definition) is 4. The fourth-order valence-corrected chi connectivity index (χ4v) is 10.1. The lowest BCUT2D eigenvalue weighted by atomic mass is 9.69. The molecule has 9 aromatic rings. The van der Waals surface area contributed by atoms with E-state index in [0.29, 0.717) is 0 Å². The van der Waals surface area contributed by atoms with Crippen LogP contribution in [-0.4, -0.2) is 9.97 Å². The molecule has 11 rings (SSSR count). The minimum Gasteiger partial charge on any atom is -0.245 e. The summed E-state index contributed by atoms with van der Waals surface area (Å²) in [5.74, 6) is 0. The van der Waals surface area contributed by atoms with Crippen LogP contribution in [0.1, 0.15) is 22.3 Å². The number of rotatable bonds is 4. The van der Waals surface area contributed by atoms with Gasteiger partial charge < -0.3 is 0 Å². The molecule has 0 N–H and O–H groups in total. The molecular weight excluding hydrogens is 657 g/mol. The normalized spacial score (nSPS) is 13.3. The van der Waals surface area contributed by atoms with Crippen molar-refractivity contribution in [2.24, 2.45) is 0 Å². The molecule has 4 heteroatoms. The van der Waals surface area contributed by atoms with E-state index in [4.69, 9.17) is 0 Å². The second-order valence-electron chi connectivity index (χ2n) is 13.3. The summed E-state index contributed by atoms with van der Waals surface area (Å²) in [6.45, 7) is 0. The summed E-state index contributed by atoms with van der Waals surface area (Å²) in [6, 6.07) is 54.5. The molecule has 0 saturated carbocycles. The van der Waals surface area contributed by atoms with Gasteiger partial charge in [-0.05, 0) is 102 Å².